The minimum atomic E-state index is -3.45. The van der Waals surface area contributed by atoms with Crippen molar-refractivity contribution in [2.45, 2.75) is 62.8 Å². The quantitative estimate of drug-likeness (QED) is 0.475. The molecule has 3 rings (SSSR count). The molecule has 1 aliphatic carbocycles. The zero-order chi connectivity index (χ0) is 23.5. The number of carboxylic acid groups (broad SMARTS) is 1. The van der Waals surface area contributed by atoms with Gasteiger partial charge >= 0.3 is 6.09 Å². The largest absolute Gasteiger partial charge is 0.465 e. The van der Waals surface area contributed by atoms with Gasteiger partial charge in [-0.3, -0.25) is 9.89 Å². The minimum absolute atomic E-state index is 0.0712. The number of anilines is 1. The number of nitrogens with zero attached hydrogens (tertiary/aromatic N) is 1. The van der Waals surface area contributed by atoms with Crippen LogP contribution in [0.5, 0.6) is 0 Å². The Bertz CT molecular complexity index is 1100. The summed E-state index contributed by atoms with van der Waals surface area (Å²) >= 11 is 0. The zero-order valence-electron chi connectivity index (χ0n) is 18.5. The maximum atomic E-state index is 12.5. The van der Waals surface area contributed by atoms with Crippen molar-refractivity contribution in [3.05, 3.63) is 41.1 Å². The smallest absolute Gasteiger partial charge is 0.404 e. The van der Waals surface area contributed by atoms with Crippen molar-refractivity contribution < 1.29 is 23.1 Å². The summed E-state index contributed by atoms with van der Waals surface area (Å²) in [6.45, 7) is 3.78. The molecule has 9 nitrogen and oxygen atoms in total. The van der Waals surface area contributed by atoms with Gasteiger partial charge < -0.3 is 15.7 Å². The van der Waals surface area contributed by atoms with Gasteiger partial charge in [-0.15, -0.1) is 0 Å². The Labute approximate surface area is 187 Å². The van der Waals surface area contributed by atoms with Gasteiger partial charge in [0.15, 0.2) is 15.7 Å². The number of rotatable bonds is 8. The van der Waals surface area contributed by atoms with Gasteiger partial charge in [0.2, 0.25) is 5.91 Å². The molecule has 3 unspecified atom stereocenters. The summed E-state index contributed by atoms with van der Waals surface area (Å²) in [5.41, 5.74) is 2.16. The van der Waals surface area contributed by atoms with E-state index in [1.807, 2.05) is 6.92 Å². The summed E-state index contributed by atoms with van der Waals surface area (Å²) in [5.74, 6) is 0.519. The lowest BCUT2D eigenvalue weighted by atomic mass is 9.94. The Morgan fingerprint density at radius 2 is 2.03 bits per heavy atom. The molecule has 1 aromatic heterocycles. The molecule has 174 valence electrons. The number of carbonyl (C=O) groups is 2. The van der Waals surface area contributed by atoms with Gasteiger partial charge in [-0.05, 0) is 55.7 Å². The molecule has 4 N–H and O–H groups in total. The summed E-state index contributed by atoms with van der Waals surface area (Å²) in [7, 11) is -3.45. The Balaban J connectivity index is 1.63. The summed E-state index contributed by atoms with van der Waals surface area (Å²) in [5, 5.41) is 21.5. The summed E-state index contributed by atoms with van der Waals surface area (Å²) in [6, 6.07) is 6.74. The first kappa shape index (κ1) is 23.8. The van der Waals surface area contributed by atoms with Crippen LogP contribution in [0.2, 0.25) is 0 Å². The van der Waals surface area contributed by atoms with E-state index in [2.05, 4.69) is 20.8 Å². The Kier molecular flexibility index (Phi) is 7.22. The number of aryl methyl sites for hydroxylation is 1. The zero-order valence-corrected chi connectivity index (χ0v) is 19.3. The Morgan fingerprint density at radius 1 is 1.28 bits per heavy atom. The number of carbonyl (C=O) groups excluding carboxylic acids is 1. The standard InChI is InChI=1S/C22H30N4O5S/c1-4-17(23-22(28)29)14-7-8-15(10-14)18-12-20(26-25-18)24-21(27)11-16-6-5-13(2)9-19(16)32(3,30)31/h5-6,9,12,14-15,17,23H,4,7-8,10-11H2,1-3H3,(H,28,29)(H2,24,25,26,27). The van der Waals surface area contributed by atoms with E-state index >= 15 is 0 Å². The molecule has 2 aromatic rings. The van der Waals surface area contributed by atoms with Crippen molar-refractivity contribution in [3.63, 3.8) is 0 Å². The molecule has 2 amide bonds. The molecule has 10 heteroatoms. The van der Waals surface area contributed by atoms with E-state index in [0.717, 1.165) is 43.2 Å². The summed E-state index contributed by atoms with van der Waals surface area (Å²) in [6.07, 6.45) is 3.48. The van der Waals surface area contributed by atoms with Gasteiger partial charge in [0, 0.05) is 30.0 Å². The molecule has 1 saturated carbocycles. The summed E-state index contributed by atoms with van der Waals surface area (Å²) < 4.78 is 24.1. The highest BCUT2D eigenvalue weighted by Gasteiger charge is 2.32. The van der Waals surface area contributed by atoms with Gasteiger partial charge in [0.05, 0.1) is 11.3 Å². The maximum Gasteiger partial charge on any atom is 0.404 e. The number of H-pyrrole nitrogens is 1. The van der Waals surface area contributed by atoms with Crippen LogP contribution in [-0.2, 0) is 21.1 Å². The molecular weight excluding hydrogens is 432 g/mol. The number of hydrogen-bond acceptors (Lipinski definition) is 5. The lowest BCUT2D eigenvalue weighted by molar-refractivity contribution is -0.115. The maximum absolute atomic E-state index is 12.5. The minimum Gasteiger partial charge on any atom is -0.465 e. The topological polar surface area (TPSA) is 141 Å². The predicted octanol–water partition coefficient (Wildman–Crippen LogP) is 3.23. The molecule has 1 fully saturated rings. The van der Waals surface area contributed by atoms with Gasteiger partial charge in [0.25, 0.3) is 0 Å². The van der Waals surface area contributed by atoms with Crippen LogP contribution in [-0.4, -0.2) is 48.0 Å². The fraction of sp³-hybridized carbons (Fsp3) is 0.500. The molecule has 0 radical (unpaired) electrons. The van der Waals surface area contributed by atoms with Crippen molar-refractivity contribution in [2.75, 3.05) is 11.6 Å². The first-order valence-corrected chi connectivity index (χ1v) is 12.6. The van der Waals surface area contributed by atoms with Gasteiger partial charge in [-0.2, -0.15) is 5.10 Å². The fourth-order valence-electron chi connectivity index (χ4n) is 4.50. The van der Waals surface area contributed by atoms with Crippen LogP contribution in [0.15, 0.2) is 29.2 Å². The number of hydrogen-bond donors (Lipinski definition) is 4. The van der Waals surface area contributed by atoms with Crippen molar-refractivity contribution >= 4 is 27.7 Å². The molecule has 1 heterocycles. The normalized spacial score (nSPS) is 19.5. The first-order chi connectivity index (χ1) is 15.1. The summed E-state index contributed by atoms with van der Waals surface area (Å²) in [4.78, 5) is 23.7. The average molecular weight is 463 g/mol. The van der Waals surface area contributed by atoms with Crippen molar-refractivity contribution in [1.82, 2.24) is 15.5 Å². The number of benzene rings is 1. The second-order valence-corrected chi connectivity index (χ2v) is 10.5. The number of nitrogens with one attached hydrogen (secondary N) is 3. The van der Waals surface area contributed by atoms with Crippen molar-refractivity contribution in [2.24, 2.45) is 5.92 Å². The van der Waals surface area contributed by atoms with Crippen molar-refractivity contribution in [1.29, 1.82) is 0 Å². The average Bonchev–Trinajstić information content (AvgIpc) is 3.36. The highest BCUT2D eigenvalue weighted by Crippen LogP contribution is 2.40. The van der Waals surface area contributed by atoms with E-state index in [0.29, 0.717) is 11.4 Å². The third-order valence-corrected chi connectivity index (χ3v) is 7.25. The van der Waals surface area contributed by atoms with E-state index in [1.54, 1.807) is 31.2 Å². The molecule has 3 atom stereocenters. The third-order valence-electron chi connectivity index (χ3n) is 6.07. The van der Waals surface area contributed by atoms with Crippen molar-refractivity contribution in [3.8, 4) is 0 Å². The lowest BCUT2D eigenvalue weighted by Gasteiger charge is -2.22. The molecule has 0 bridgehead atoms. The number of aromatic amines is 1. The van der Waals surface area contributed by atoms with Crippen LogP contribution >= 0.6 is 0 Å². The Hall–Kier alpha value is -2.88. The highest BCUT2D eigenvalue weighted by atomic mass is 32.2. The SMILES string of the molecule is CCC(NC(=O)O)C1CCC(c2cc(NC(=O)Cc3ccc(C)cc3S(C)(=O)=O)n[nH]2)C1. The van der Waals surface area contributed by atoms with E-state index in [4.69, 9.17) is 5.11 Å². The van der Waals surface area contributed by atoms with E-state index in [-0.39, 0.29) is 35.1 Å². The highest BCUT2D eigenvalue weighted by molar-refractivity contribution is 7.90. The third kappa shape index (κ3) is 5.87. The Morgan fingerprint density at radius 3 is 2.69 bits per heavy atom. The molecular formula is C22H30N4O5S. The molecule has 32 heavy (non-hydrogen) atoms. The lowest BCUT2D eigenvalue weighted by Crippen LogP contribution is -2.38. The van der Waals surface area contributed by atoms with Crippen LogP contribution in [0.4, 0.5) is 10.6 Å². The van der Waals surface area contributed by atoms with Gasteiger partial charge in [0.1, 0.15) is 0 Å². The first-order valence-electron chi connectivity index (χ1n) is 10.7. The van der Waals surface area contributed by atoms with Crippen LogP contribution in [0.3, 0.4) is 0 Å². The van der Waals surface area contributed by atoms with Crippen LogP contribution in [0.25, 0.3) is 0 Å². The molecule has 1 aliphatic rings. The predicted molar refractivity (Wildman–Crippen MR) is 121 cm³/mol. The fourth-order valence-corrected chi connectivity index (χ4v) is 5.52. The molecule has 1 aromatic carbocycles. The van der Waals surface area contributed by atoms with Gasteiger partial charge in [-0.25, -0.2) is 13.2 Å². The van der Waals surface area contributed by atoms with E-state index in [1.165, 1.54) is 0 Å². The number of amides is 2. The van der Waals surface area contributed by atoms with Gasteiger partial charge in [-0.1, -0.05) is 19.1 Å². The van der Waals surface area contributed by atoms with E-state index < -0.39 is 15.9 Å². The number of sulfone groups is 1. The van der Waals surface area contributed by atoms with Crippen LogP contribution in [0.1, 0.15) is 55.3 Å². The van der Waals surface area contributed by atoms with Crippen LogP contribution < -0.4 is 10.6 Å². The van der Waals surface area contributed by atoms with E-state index in [9.17, 15) is 18.0 Å². The monoisotopic (exact) mass is 462 g/mol. The van der Waals surface area contributed by atoms with Crippen LogP contribution in [0, 0.1) is 12.8 Å². The molecule has 0 saturated heterocycles. The number of aromatic nitrogens is 2. The molecule has 0 aliphatic heterocycles. The molecule has 0 spiro atoms. The second-order valence-electron chi connectivity index (χ2n) is 8.55. The second kappa shape index (κ2) is 9.72.